The van der Waals surface area contributed by atoms with Crippen LogP contribution < -0.4 is 9.77 Å². The number of methoxy groups -OCH3 is 1. The van der Waals surface area contributed by atoms with Crippen molar-refractivity contribution in [2.24, 2.45) is 0 Å². The van der Waals surface area contributed by atoms with Crippen molar-refractivity contribution < 1.29 is 36.5 Å². The molecule has 2 saturated heterocycles. The van der Waals surface area contributed by atoms with Crippen molar-refractivity contribution in [1.29, 1.82) is 0 Å². The number of nitrogens with zero attached hydrogens (tertiary/aromatic N) is 3. The van der Waals surface area contributed by atoms with Crippen LogP contribution in [0.15, 0.2) is 47.5 Å². The molecular formula is C28H33BF3N3O5S. The van der Waals surface area contributed by atoms with Gasteiger partial charge in [0.15, 0.2) is 18.4 Å². The second-order valence-electron chi connectivity index (χ2n) is 11.1. The highest BCUT2D eigenvalue weighted by Crippen LogP contribution is 2.39. The minimum Gasteiger partial charge on any atom is -0.588 e. The molecule has 41 heavy (non-hydrogen) atoms. The number of ether oxygens (including phenoxy) is 2. The second-order valence-corrected chi connectivity index (χ2v) is 12.5. The zero-order valence-corrected chi connectivity index (χ0v) is 24.5. The van der Waals surface area contributed by atoms with Gasteiger partial charge in [-0.05, 0) is 64.8 Å². The van der Waals surface area contributed by atoms with Gasteiger partial charge in [-0.15, -0.1) is 0 Å². The van der Waals surface area contributed by atoms with Gasteiger partial charge in [-0.3, -0.25) is 4.68 Å². The Labute approximate surface area is 241 Å². The van der Waals surface area contributed by atoms with E-state index in [1.165, 1.54) is 13.2 Å². The predicted molar refractivity (Wildman–Crippen MR) is 150 cm³/mol. The van der Waals surface area contributed by atoms with Crippen molar-refractivity contribution in [2.45, 2.75) is 62.7 Å². The van der Waals surface area contributed by atoms with E-state index < -0.39 is 52.0 Å². The van der Waals surface area contributed by atoms with E-state index in [4.69, 9.17) is 23.9 Å². The summed E-state index contributed by atoms with van der Waals surface area (Å²) in [6, 6.07) is 7.19. The quantitative estimate of drug-likeness (QED) is 0.213. The standard InChI is InChI=1S/C28H33BF3N3O5S/c1-27(2)28(3,4)40-29(39-27)21-16-34(19-11-13-38-14-12-19)33-26(21)20-7-6-8-23(25(20)32)35(17-37-5)41(36)24-15-18(30)9-10-22(24)31/h6-10,15-16,19H,11-14,17H2,1-5H3. The Morgan fingerprint density at radius 1 is 1.10 bits per heavy atom. The first kappa shape index (κ1) is 29.9. The van der Waals surface area contributed by atoms with Crippen LogP contribution in [0, 0.1) is 17.5 Å². The molecule has 1 unspecified atom stereocenters. The van der Waals surface area contributed by atoms with Crippen LogP contribution in [-0.4, -0.2) is 59.7 Å². The number of hydrogen-bond donors (Lipinski definition) is 0. The molecule has 5 rings (SSSR count). The minimum atomic E-state index is -2.33. The Kier molecular flexibility index (Phi) is 8.48. The van der Waals surface area contributed by atoms with E-state index in [0.29, 0.717) is 24.4 Å². The number of benzene rings is 2. The molecule has 8 nitrogen and oxygen atoms in total. The highest BCUT2D eigenvalue weighted by atomic mass is 32.2. The average Bonchev–Trinajstić information content (AvgIpc) is 3.47. The first-order valence-corrected chi connectivity index (χ1v) is 14.5. The van der Waals surface area contributed by atoms with E-state index in [1.54, 1.807) is 16.8 Å². The van der Waals surface area contributed by atoms with Gasteiger partial charge in [-0.1, -0.05) is 6.07 Å². The lowest BCUT2D eigenvalue weighted by molar-refractivity contribution is 0.00578. The van der Waals surface area contributed by atoms with Gasteiger partial charge in [-0.2, -0.15) is 9.40 Å². The van der Waals surface area contributed by atoms with Crippen LogP contribution in [0.1, 0.15) is 46.6 Å². The van der Waals surface area contributed by atoms with Crippen molar-refractivity contribution in [3.05, 3.63) is 60.0 Å². The Morgan fingerprint density at radius 3 is 2.44 bits per heavy atom. The van der Waals surface area contributed by atoms with Crippen molar-refractivity contribution in [1.82, 2.24) is 9.78 Å². The summed E-state index contributed by atoms with van der Waals surface area (Å²) < 4.78 is 84.5. The highest BCUT2D eigenvalue weighted by molar-refractivity contribution is 7.92. The second kappa shape index (κ2) is 11.6. The lowest BCUT2D eigenvalue weighted by Crippen LogP contribution is -2.41. The van der Waals surface area contributed by atoms with E-state index in [-0.39, 0.29) is 24.0 Å². The summed E-state index contributed by atoms with van der Waals surface area (Å²) in [4.78, 5) is -0.437. The molecular weight excluding hydrogens is 558 g/mol. The van der Waals surface area contributed by atoms with Gasteiger partial charge in [0.2, 0.25) is 4.90 Å². The molecule has 2 fully saturated rings. The number of rotatable bonds is 8. The molecule has 2 aliphatic rings. The summed E-state index contributed by atoms with van der Waals surface area (Å²) in [5.41, 5.74) is -0.465. The van der Waals surface area contributed by atoms with E-state index in [2.05, 4.69) is 0 Å². The van der Waals surface area contributed by atoms with Crippen LogP contribution in [0.2, 0.25) is 0 Å². The largest absolute Gasteiger partial charge is 0.588 e. The van der Waals surface area contributed by atoms with Crippen molar-refractivity contribution >= 4 is 29.6 Å². The Hall–Kier alpha value is -2.55. The number of halogens is 3. The van der Waals surface area contributed by atoms with Crippen LogP contribution >= 0.6 is 0 Å². The molecule has 0 spiro atoms. The topological polar surface area (TPSA) is 81.0 Å². The maximum absolute atomic E-state index is 16.5. The van der Waals surface area contributed by atoms with Gasteiger partial charge in [-0.25, -0.2) is 13.2 Å². The lowest BCUT2D eigenvalue weighted by Gasteiger charge is -2.32. The zero-order valence-electron chi connectivity index (χ0n) is 23.7. The molecule has 0 radical (unpaired) electrons. The highest BCUT2D eigenvalue weighted by Gasteiger charge is 2.53. The van der Waals surface area contributed by atoms with Crippen molar-refractivity contribution in [2.75, 3.05) is 31.4 Å². The molecule has 220 valence electrons. The fraction of sp³-hybridized carbons (Fsp3) is 0.464. The van der Waals surface area contributed by atoms with E-state index >= 15 is 4.39 Å². The predicted octanol–water partition coefficient (Wildman–Crippen LogP) is 4.75. The maximum atomic E-state index is 16.5. The molecule has 2 aromatic carbocycles. The fourth-order valence-corrected chi connectivity index (χ4v) is 6.05. The average molecular weight is 591 g/mol. The summed E-state index contributed by atoms with van der Waals surface area (Å²) in [6.45, 7) is 8.54. The zero-order chi connectivity index (χ0) is 29.5. The van der Waals surface area contributed by atoms with Gasteiger partial charge < -0.3 is 23.3 Å². The Bertz CT molecular complexity index is 1390. The van der Waals surface area contributed by atoms with Gasteiger partial charge in [0, 0.05) is 43.6 Å². The SMILES string of the molecule is COCN(c1cccc(-c2nn(C3CCOCC3)cc2B2OC(C)(C)C(C)(C)O2)c1F)[S+]([O-])c1cc(F)ccc1F. The van der Waals surface area contributed by atoms with Gasteiger partial charge >= 0.3 is 7.12 Å². The third-order valence-electron chi connectivity index (χ3n) is 7.86. The molecule has 13 heteroatoms. The molecule has 2 aliphatic heterocycles. The molecule has 1 atom stereocenters. The molecule has 0 saturated carbocycles. The van der Waals surface area contributed by atoms with Gasteiger partial charge in [0.25, 0.3) is 0 Å². The van der Waals surface area contributed by atoms with Gasteiger partial charge in [0.05, 0.1) is 22.9 Å². The first-order chi connectivity index (χ1) is 19.4. The lowest BCUT2D eigenvalue weighted by atomic mass is 9.78. The summed E-state index contributed by atoms with van der Waals surface area (Å²) in [5.74, 6) is -2.42. The molecule has 0 aliphatic carbocycles. The summed E-state index contributed by atoms with van der Waals surface area (Å²) >= 11 is -2.33. The third-order valence-corrected chi connectivity index (χ3v) is 9.25. The number of hydrogen-bond acceptors (Lipinski definition) is 7. The van der Waals surface area contributed by atoms with Crippen LogP contribution in [0.3, 0.4) is 0 Å². The molecule has 1 aromatic heterocycles. The van der Waals surface area contributed by atoms with Crippen molar-refractivity contribution in [3.63, 3.8) is 0 Å². The number of aromatic nitrogens is 2. The van der Waals surface area contributed by atoms with E-state index in [1.807, 2.05) is 33.9 Å². The van der Waals surface area contributed by atoms with E-state index in [9.17, 15) is 13.3 Å². The fourth-order valence-electron chi connectivity index (χ4n) is 4.84. The summed E-state index contributed by atoms with van der Waals surface area (Å²) in [7, 11) is 0.511. The molecule has 0 amide bonds. The maximum Gasteiger partial charge on any atom is 0.498 e. The third kappa shape index (κ3) is 5.75. The molecule has 0 N–H and O–H groups in total. The van der Waals surface area contributed by atoms with Crippen LogP contribution in [0.5, 0.6) is 0 Å². The molecule has 3 aromatic rings. The first-order valence-electron chi connectivity index (χ1n) is 13.4. The molecule has 0 bridgehead atoms. The van der Waals surface area contributed by atoms with Gasteiger partial charge in [0.1, 0.15) is 22.9 Å². The molecule has 3 heterocycles. The Morgan fingerprint density at radius 2 is 1.78 bits per heavy atom. The summed E-state index contributed by atoms with van der Waals surface area (Å²) in [6.07, 6.45) is 3.31. The normalized spacial score (nSPS) is 19.5. The smallest absolute Gasteiger partial charge is 0.498 e. The minimum absolute atomic E-state index is 0.0402. The van der Waals surface area contributed by atoms with Crippen LogP contribution in [-0.2, 0) is 30.1 Å². The van der Waals surface area contributed by atoms with Crippen LogP contribution in [0.4, 0.5) is 18.9 Å². The Balaban J connectivity index is 1.60. The summed E-state index contributed by atoms with van der Waals surface area (Å²) in [5, 5.41) is 4.81. The number of anilines is 1. The van der Waals surface area contributed by atoms with E-state index in [0.717, 1.165) is 35.3 Å². The monoisotopic (exact) mass is 591 g/mol. The van der Waals surface area contributed by atoms with Crippen LogP contribution in [0.25, 0.3) is 11.3 Å². The van der Waals surface area contributed by atoms with Crippen molar-refractivity contribution in [3.8, 4) is 11.3 Å².